The number of hydrogen-bond acceptors (Lipinski definition) is 5. The van der Waals surface area contributed by atoms with Gasteiger partial charge in [0.15, 0.2) is 0 Å². The standard InChI is InChI=1S/C23H27FN4O5/c1-11-8-14(6-7-16(11)24)25-21(30)18-12(2)19(28(5)13(18)3)20(29)22(31)26-15-9-17(23(32)33)27(4)10-15/h6-8,15,17H,9-10H2,1-5H3,(H,25,30)(H,26,31)(H,32,33)/t15-,17+/m1/s1. The Morgan fingerprint density at radius 2 is 1.79 bits per heavy atom. The second kappa shape index (κ2) is 9.14. The maximum Gasteiger partial charge on any atom is 0.320 e. The monoisotopic (exact) mass is 458 g/mol. The number of anilines is 1. The van der Waals surface area contributed by atoms with Gasteiger partial charge in [0, 0.05) is 31.0 Å². The highest BCUT2D eigenvalue weighted by Gasteiger charge is 2.37. The van der Waals surface area contributed by atoms with Crippen molar-refractivity contribution in [3.05, 3.63) is 52.1 Å². The number of ketones is 1. The summed E-state index contributed by atoms with van der Waals surface area (Å²) in [7, 11) is 3.23. The first-order valence-electron chi connectivity index (χ1n) is 10.4. The number of hydrogen-bond donors (Lipinski definition) is 3. The van der Waals surface area contributed by atoms with Gasteiger partial charge in [-0.15, -0.1) is 0 Å². The van der Waals surface area contributed by atoms with Crippen LogP contribution in [0.2, 0.25) is 0 Å². The van der Waals surface area contributed by atoms with Crippen LogP contribution in [0.25, 0.3) is 0 Å². The van der Waals surface area contributed by atoms with E-state index in [1.807, 2.05) is 0 Å². The van der Waals surface area contributed by atoms with Gasteiger partial charge in [0.05, 0.1) is 11.3 Å². The third-order valence-electron chi connectivity index (χ3n) is 6.16. The van der Waals surface area contributed by atoms with Gasteiger partial charge < -0.3 is 20.3 Å². The fraction of sp³-hybridized carbons (Fsp3) is 0.391. The molecule has 0 aliphatic carbocycles. The molecule has 1 aromatic heterocycles. The van der Waals surface area contributed by atoms with E-state index < -0.39 is 35.7 Å². The lowest BCUT2D eigenvalue weighted by Crippen LogP contribution is -2.41. The summed E-state index contributed by atoms with van der Waals surface area (Å²) in [6.45, 7) is 5.14. The average Bonchev–Trinajstić information content (AvgIpc) is 3.20. The molecule has 0 spiro atoms. The number of nitrogens with zero attached hydrogens (tertiary/aromatic N) is 2. The van der Waals surface area contributed by atoms with Crippen LogP contribution >= 0.6 is 0 Å². The fourth-order valence-electron chi connectivity index (χ4n) is 4.30. The van der Waals surface area contributed by atoms with Gasteiger partial charge in [0.2, 0.25) is 0 Å². The number of rotatable bonds is 6. The number of aromatic nitrogens is 1. The van der Waals surface area contributed by atoms with E-state index in [2.05, 4.69) is 10.6 Å². The van der Waals surface area contributed by atoms with Crippen LogP contribution in [0.15, 0.2) is 18.2 Å². The Bertz CT molecular complexity index is 1160. The number of carboxylic acids is 1. The zero-order chi connectivity index (χ0) is 24.6. The molecule has 9 nitrogen and oxygen atoms in total. The molecular weight excluding hydrogens is 431 g/mol. The van der Waals surface area contributed by atoms with E-state index in [-0.39, 0.29) is 23.5 Å². The molecule has 10 heteroatoms. The molecule has 33 heavy (non-hydrogen) atoms. The quantitative estimate of drug-likeness (QED) is 0.448. The molecule has 2 amide bonds. The van der Waals surface area contributed by atoms with Crippen LogP contribution < -0.4 is 10.6 Å². The Morgan fingerprint density at radius 3 is 2.36 bits per heavy atom. The number of carboxylic acid groups (broad SMARTS) is 1. The summed E-state index contributed by atoms with van der Waals surface area (Å²) in [4.78, 5) is 51.4. The van der Waals surface area contributed by atoms with E-state index in [1.54, 1.807) is 39.8 Å². The summed E-state index contributed by atoms with van der Waals surface area (Å²) in [6.07, 6.45) is 0.195. The van der Waals surface area contributed by atoms with Crippen molar-refractivity contribution in [3.63, 3.8) is 0 Å². The molecule has 3 N–H and O–H groups in total. The van der Waals surface area contributed by atoms with Crippen LogP contribution in [-0.2, 0) is 16.6 Å². The predicted octanol–water partition coefficient (Wildman–Crippen LogP) is 1.80. The van der Waals surface area contributed by atoms with E-state index in [4.69, 9.17) is 0 Å². The van der Waals surface area contributed by atoms with Crippen molar-refractivity contribution >= 4 is 29.3 Å². The number of aliphatic carboxylic acids is 1. The zero-order valence-electron chi connectivity index (χ0n) is 19.2. The van der Waals surface area contributed by atoms with E-state index in [0.29, 0.717) is 29.1 Å². The maximum atomic E-state index is 13.5. The summed E-state index contributed by atoms with van der Waals surface area (Å²) in [5.74, 6) is -3.52. The number of Topliss-reactive ketones (excluding diaryl/α,β-unsaturated/α-hetero) is 1. The molecule has 2 heterocycles. The van der Waals surface area contributed by atoms with E-state index >= 15 is 0 Å². The average molecular weight is 458 g/mol. The van der Waals surface area contributed by atoms with Crippen molar-refractivity contribution < 1.29 is 28.7 Å². The summed E-state index contributed by atoms with van der Waals surface area (Å²) in [6, 6.07) is 3.00. The molecule has 0 radical (unpaired) electrons. The van der Waals surface area contributed by atoms with Gasteiger partial charge in [-0.05, 0) is 63.6 Å². The Morgan fingerprint density at radius 1 is 1.12 bits per heavy atom. The molecule has 2 aromatic rings. The zero-order valence-corrected chi connectivity index (χ0v) is 19.2. The molecule has 1 aliphatic rings. The van der Waals surface area contributed by atoms with Gasteiger partial charge in [-0.1, -0.05) is 0 Å². The van der Waals surface area contributed by atoms with Gasteiger partial charge in [-0.3, -0.25) is 24.1 Å². The summed E-state index contributed by atoms with van der Waals surface area (Å²) >= 11 is 0. The SMILES string of the molecule is Cc1cc(NC(=O)c2c(C)c(C(=O)C(=O)N[C@@H]3C[C@@H](C(=O)O)N(C)C3)n(C)c2C)ccc1F. The number of nitrogens with one attached hydrogen (secondary N) is 2. The van der Waals surface area contributed by atoms with Gasteiger partial charge in [-0.2, -0.15) is 0 Å². The Labute approximate surface area is 190 Å². The number of halogens is 1. The Kier molecular flexibility index (Phi) is 6.68. The maximum absolute atomic E-state index is 13.5. The second-order valence-corrected chi connectivity index (χ2v) is 8.44. The minimum atomic E-state index is -0.985. The van der Waals surface area contributed by atoms with Crippen molar-refractivity contribution in [2.75, 3.05) is 18.9 Å². The van der Waals surface area contributed by atoms with Crippen LogP contribution in [0.4, 0.5) is 10.1 Å². The molecule has 1 fully saturated rings. The first kappa shape index (κ1) is 24.1. The lowest BCUT2D eigenvalue weighted by Gasteiger charge is -2.13. The summed E-state index contributed by atoms with van der Waals surface area (Å²) in [5.41, 5.74) is 1.95. The number of carbonyl (C=O) groups is 4. The molecule has 1 aliphatic heterocycles. The van der Waals surface area contributed by atoms with Crippen molar-refractivity contribution in [2.45, 2.75) is 39.3 Å². The fourth-order valence-corrected chi connectivity index (χ4v) is 4.30. The molecule has 0 bridgehead atoms. The number of benzene rings is 1. The van der Waals surface area contributed by atoms with Gasteiger partial charge in [-0.25, -0.2) is 4.39 Å². The highest BCUT2D eigenvalue weighted by molar-refractivity contribution is 6.43. The third-order valence-corrected chi connectivity index (χ3v) is 6.16. The minimum Gasteiger partial charge on any atom is -0.480 e. The van der Waals surface area contributed by atoms with E-state index in [9.17, 15) is 28.7 Å². The number of likely N-dealkylation sites (tertiary alicyclic amines) is 1. The molecular formula is C23H27FN4O5. The Balaban J connectivity index is 1.80. The van der Waals surface area contributed by atoms with Gasteiger partial charge in [0.25, 0.3) is 17.6 Å². The number of amides is 2. The lowest BCUT2D eigenvalue weighted by molar-refractivity contribution is -0.141. The van der Waals surface area contributed by atoms with E-state index in [1.165, 1.54) is 22.8 Å². The second-order valence-electron chi connectivity index (χ2n) is 8.44. The topological polar surface area (TPSA) is 121 Å². The first-order valence-corrected chi connectivity index (χ1v) is 10.4. The van der Waals surface area contributed by atoms with Crippen LogP contribution in [0.3, 0.4) is 0 Å². The first-order chi connectivity index (χ1) is 15.4. The van der Waals surface area contributed by atoms with Crippen LogP contribution in [0, 0.1) is 26.6 Å². The molecule has 2 atom stereocenters. The molecule has 0 saturated carbocycles. The highest BCUT2D eigenvalue weighted by Crippen LogP contribution is 2.24. The largest absolute Gasteiger partial charge is 0.480 e. The Hall–Kier alpha value is -3.53. The van der Waals surface area contributed by atoms with Gasteiger partial charge in [0.1, 0.15) is 11.9 Å². The van der Waals surface area contributed by atoms with Gasteiger partial charge >= 0.3 is 5.97 Å². The molecule has 0 unspecified atom stereocenters. The van der Waals surface area contributed by atoms with Crippen molar-refractivity contribution in [3.8, 4) is 0 Å². The minimum absolute atomic E-state index is 0.0755. The van der Waals surface area contributed by atoms with Crippen LogP contribution in [0.1, 0.15) is 44.1 Å². The van der Waals surface area contributed by atoms with Crippen LogP contribution in [0.5, 0.6) is 0 Å². The smallest absolute Gasteiger partial charge is 0.320 e. The lowest BCUT2D eigenvalue weighted by atomic mass is 10.1. The molecule has 1 saturated heterocycles. The van der Waals surface area contributed by atoms with Crippen molar-refractivity contribution in [1.29, 1.82) is 0 Å². The number of likely N-dealkylation sites (N-methyl/N-ethyl adjacent to an activating group) is 1. The van der Waals surface area contributed by atoms with Crippen molar-refractivity contribution in [2.24, 2.45) is 7.05 Å². The van der Waals surface area contributed by atoms with E-state index in [0.717, 1.165) is 0 Å². The molecule has 176 valence electrons. The highest BCUT2D eigenvalue weighted by atomic mass is 19.1. The van der Waals surface area contributed by atoms with Crippen LogP contribution in [-0.4, -0.2) is 63.8 Å². The number of aryl methyl sites for hydroxylation is 1. The summed E-state index contributed by atoms with van der Waals surface area (Å²) in [5, 5.41) is 14.6. The number of carbonyl (C=O) groups excluding carboxylic acids is 3. The molecule has 3 rings (SSSR count). The predicted molar refractivity (Wildman–Crippen MR) is 119 cm³/mol. The van der Waals surface area contributed by atoms with Crippen molar-refractivity contribution in [1.82, 2.24) is 14.8 Å². The third kappa shape index (κ3) is 4.65. The molecule has 1 aromatic carbocycles. The summed E-state index contributed by atoms with van der Waals surface area (Å²) < 4.78 is 15.0. The normalized spacial score (nSPS) is 18.2.